The van der Waals surface area contributed by atoms with Crippen LogP contribution in [0.5, 0.6) is 0 Å². The maximum absolute atomic E-state index is 13.6. The molecule has 2 heterocycles. The van der Waals surface area contributed by atoms with Gasteiger partial charge in [0, 0.05) is 19.0 Å². The molecule has 8 heteroatoms. The van der Waals surface area contributed by atoms with Crippen molar-refractivity contribution in [2.75, 3.05) is 11.9 Å². The molecule has 140 valence electrons. The Morgan fingerprint density at radius 3 is 2.65 bits per heavy atom. The summed E-state index contributed by atoms with van der Waals surface area (Å²) < 4.78 is 41.7. The first-order chi connectivity index (χ1) is 12.3. The third kappa shape index (κ3) is 3.68. The molecule has 3 rings (SSSR count). The minimum atomic E-state index is -4.46. The fourth-order valence-electron chi connectivity index (χ4n) is 3.03. The van der Waals surface area contributed by atoms with Gasteiger partial charge in [-0.05, 0) is 18.9 Å². The van der Waals surface area contributed by atoms with E-state index in [1.165, 1.54) is 6.07 Å². The zero-order valence-electron chi connectivity index (χ0n) is 14.6. The molecule has 1 amide bonds. The molecule has 5 nitrogen and oxygen atoms in total. The average Bonchev–Trinajstić information content (AvgIpc) is 3.02. The number of amides is 1. The van der Waals surface area contributed by atoms with Crippen LogP contribution in [0.1, 0.15) is 53.5 Å². The number of hydrogen-bond acceptors (Lipinski definition) is 3. The second kappa shape index (κ2) is 7.01. The Bertz CT molecular complexity index is 783. The van der Waals surface area contributed by atoms with Crippen LogP contribution in [0.15, 0.2) is 30.3 Å². The Morgan fingerprint density at radius 1 is 1.35 bits per heavy atom. The summed E-state index contributed by atoms with van der Waals surface area (Å²) in [6, 6.07) is 6.48. The fraction of sp³-hybridized carbons (Fsp3) is 0.444. The molecule has 2 N–H and O–H groups in total. The molecule has 26 heavy (non-hydrogen) atoms. The lowest BCUT2D eigenvalue weighted by Crippen LogP contribution is -2.35. The molecular weight excluding hydrogens is 345 g/mol. The third-order valence-corrected chi connectivity index (χ3v) is 4.44. The highest BCUT2D eigenvalue weighted by atomic mass is 19.4. The number of benzene rings is 1. The number of fused-ring (bicyclic) bond motifs is 1. The van der Waals surface area contributed by atoms with E-state index in [1.807, 2.05) is 38.1 Å². The molecule has 0 bridgehead atoms. The number of hydrogen-bond donors (Lipinski definition) is 2. The summed E-state index contributed by atoms with van der Waals surface area (Å²) in [7, 11) is 0. The number of rotatable bonds is 4. The van der Waals surface area contributed by atoms with Gasteiger partial charge in [-0.15, -0.1) is 0 Å². The third-order valence-electron chi connectivity index (χ3n) is 4.44. The topological polar surface area (TPSA) is 59.0 Å². The highest BCUT2D eigenvalue weighted by Crippen LogP contribution is 2.43. The van der Waals surface area contributed by atoms with Gasteiger partial charge >= 0.3 is 6.18 Å². The Kier molecular flexibility index (Phi) is 4.93. The van der Waals surface area contributed by atoms with E-state index in [-0.39, 0.29) is 17.9 Å². The first-order valence-electron chi connectivity index (χ1n) is 8.57. The molecule has 1 aromatic carbocycles. The minimum Gasteiger partial charge on any atom is -0.363 e. The number of alkyl halides is 3. The van der Waals surface area contributed by atoms with Gasteiger partial charge in [-0.1, -0.05) is 36.8 Å². The number of aryl methyl sites for hydroxylation is 1. The summed E-state index contributed by atoms with van der Waals surface area (Å²) in [5.74, 6) is -0.269. The van der Waals surface area contributed by atoms with E-state index in [4.69, 9.17) is 0 Å². The Labute approximate surface area is 149 Å². The van der Waals surface area contributed by atoms with E-state index in [1.54, 1.807) is 0 Å². The van der Waals surface area contributed by atoms with Gasteiger partial charge in [0.1, 0.15) is 5.82 Å². The second-order valence-corrected chi connectivity index (χ2v) is 6.52. The zero-order chi connectivity index (χ0) is 18.9. The summed E-state index contributed by atoms with van der Waals surface area (Å²) in [6.45, 7) is 4.27. The molecule has 1 aromatic heterocycles. The van der Waals surface area contributed by atoms with Crippen molar-refractivity contribution in [2.24, 2.45) is 0 Å². The number of halogens is 3. The van der Waals surface area contributed by atoms with Crippen LogP contribution >= 0.6 is 0 Å². The van der Waals surface area contributed by atoms with Gasteiger partial charge in [0.25, 0.3) is 5.91 Å². The first-order valence-corrected chi connectivity index (χ1v) is 8.57. The van der Waals surface area contributed by atoms with Crippen molar-refractivity contribution in [1.82, 2.24) is 15.1 Å². The quantitative estimate of drug-likeness (QED) is 0.860. The van der Waals surface area contributed by atoms with Crippen LogP contribution in [-0.4, -0.2) is 28.4 Å². The van der Waals surface area contributed by atoms with Crippen molar-refractivity contribution < 1.29 is 18.0 Å². The minimum absolute atomic E-state index is 0.0141. The maximum atomic E-state index is 13.6. The fourth-order valence-corrected chi connectivity index (χ4v) is 3.03. The lowest BCUT2D eigenvalue weighted by molar-refractivity contribution is -0.173. The highest BCUT2D eigenvalue weighted by molar-refractivity contribution is 5.93. The first kappa shape index (κ1) is 18.3. The number of aromatic nitrogens is 2. The van der Waals surface area contributed by atoms with E-state index in [0.29, 0.717) is 6.54 Å². The number of anilines is 1. The van der Waals surface area contributed by atoms with E-state index in [9.17, 15) is 18.0 Å². The van der Waals surface area contributed by atoms with Gasteiger partial charge in [-0.2, -0.15) is 18.3 Å². The second-order valence-electron chi connectivity index (χ2n) is 6.52. The molecule has 1 aliphatic heterocycles. The number of nitrogens with one attached hydrogen (secondary N) is 2. The molecule has 0 spiro atoms. The molecule has 1 aliphatic rings. The normalized spacial score (nSPS) is 19.6. The average molecular weight is 366 g/mol. The van der Waals surface area contributed by atoms with Gasteiger partial charge in [-0.25, -0.2) is 4.68 Å². The van der Waals surface area contributed by atoms with Gasteiger partial charge in [0.05, 0.1) is 6.04 Å². The summed E-state index contributed by atoms with van der Waals surface area (Å²) in [5.41, 5.74) is 1.80. The number of carbonyl (C=O) groups excluding carboxylic acids is 1. The summed E-state index contributed by atoms with van der Waals surface area (Å²) >= 11 is 0. The molecule has 0 fully saturated rings. The van der Waals surface area contributed by atoms with Crippen molar-refractivity contribution in [3.05, 3.63) is 47.2 Å². The summed E-state index contributed by atoms with van der Waals surface area (Å²) in [4.78, 5) is 12.1. The van der Waals surface area contributed by atoms with E-state index >= 15 is 0 Å². The number of carbonyl (C=O) groups is 1. The lowest BCUT2D eigenvalue weighted by atomic mass is 9.96. The summed E-state index contributed by atoms with van der Waals surface area (Å²) in [6.07, 6.45) is -3.90. The van der Waals surface area contributed by atoms with Crippen molar-refractivity contribution in [3.8, 4) is 0 Å². The van der Waals surface area contributed by atoms with E-state index in [0.717, 1.165) is 22.2 Å². The standard InChI is InChI=1S/C18H21F3N4O/c1-3-8-22-17(26)14-10-16-23-13(12-6-4-11(2)5-7-12)9-15(18(19,20)21)25(16)24-14/h4-7,10,13,15,23H,3,8-9H2,1-2H3,(H,22,26)/t13-,15-/m1/s1. The van der Waals surface area contributed by atoms with E-state index in [2.05, 4.69) is 15.7 Å². The molecule has 2 aromatic rings. The Balaban J connectivity index is 1.93. The van der Waals surface area contributed by atoms with E-state index < -0.39 is 24.2 Å². The maximum Gasteiger partial charge on any atom is 0.410 e. The van der Waals surface area contributed by atoms with Crippen LogP contribution in [0.25, 0.3) is 0 Å². The monoisotopic (exact) mass is 366 g/mol. The van der Waals surface area contributed by atoms with Crippen LogP contribution < -0.4 is 10.6 Å². The van der Waals surface area contributed by atoms with Gasteiger partial charge in [-0.3, -0.25) is 4.79 Å². The van der Waals surface area contributed by atoms with Crippen molar-refractivity contribution in [3.63, 3.8) is 0 Å². The van der Waals surface area contributed by atoms with Gasteiger partial charge in [0.15, 0.2) is 11.7 Å². The molecule has 0 saturated heterocycles. The van der Waals surface area contributed by atoms with Gasteiger partial charge in [0.2, 0.25) is 0 Å². The van der Waals surface area contributed by atoms with Crippen LogP contribution in [0.2, 0.25) is 0 Å². The molecule has 2 atom stereocenters. The smallest absolute Gasteiger partial charge is 0.363 e. The zero-order valence-corrected chi connectivity index (χ0v) is 14.6. The van der Waals surface area contributed by atoms with Crippen LogP contribution in [0.4, 0.5) is 19.0 Å². The Morgan fingerprint density at radius 2 is 2.04 bits per heavy atom. The van der Waals surface area contributed by atoms with Crippen molar-refractivity contribution in [2.45, 2.75) is 44.9 Å². The van der Waals surface area contributed by atoms with Crippen LogP contribution in [0.3, 0.4) is 0 Å². The molecule has 0 unspecified atom stereocenters. The predicted molar refractivity (Wildman–Crippen MR) is 92.1 cm³/mol. The molecular formula is C18H21F3N4O. The summed E-state index contributed by atoms with van der Waals surface area (Å²) in [5, 5.41) is 9.64. The largest absolute Gasteiger partial charge is 0.410 e. The molecule has 0 saturated carbocycles. The molecule has 0 radical (unpaired) electrons. The highest BCUT2D eigenvalue weighted by Gasteiger charge is 2.46. The number of nitrogens with zero attached hydrogens (tertiary/aromatic N) is 2. The van der Waals surface area contributed by atoms with Crippen molar-refractivity contribution in [1.29, 1.82) is 0 Å². The van der Waals surface area contributed by atoms with Gasteiger partial charge < -0.3 is 10.6 Å². The SMILES string of the molecule is CCCNC(=O)c1cc2n(n1)[C@@H](C(F)(F)F)C[C@H](c1ccc(C)cc1)N2. The van der Waals surface area contributed by atoms with Crippen LogP contribution in [0, 0.1) is 6.92 Å². The lowest BCUT2D eigenvalue weighted by Gasteiger charge is -2.33. The molecule has 0 aliphatic carbocycles. The Hall–Kier alpha value is -2.51. The predicted octanol–water partition coefficient (Wildman–Crippen LogP) is 3.99. The van der Waals surface area contributed by atoms with Crippen LogP contribution in [-0.2, 0) is 0 Å². The van der Waals surface area contributed by atoms with Crippen molar-refractivity contribution >= 4 is 11.7 Å².